The number of halogens is 1. The normalized spacial score (nSPS) is 14.7. The van der Waals surface area contributed by atoms with Crippen LogP contribution in [0.25, 0.3) is 6.08 Å². The molecule has 1 aliphatic heterocycles. The van der Waals surface area contributed by atoms with Gasteiger partial charge in [-0.15, -0.1) is 0 Å². The van der Waals surface area contributed by atoms with Gasteiger partial charge in [-0.1, -0.05) is 30.3 Å². The third-order valence-electron chi connectivity index (χ3n) is 4.12. The van der Waals surface area contributed by atoms with Gasteiger partial charge in [0.25, 0.3) is 5.91 Å². The van der Waals surface area contributed by atoms with E-state index in [4.69, 9.17) is 14.6 Å². The van der Waals surface area contributed by atoms with Crippen molar-refractivity contribution >= 4 is 46.6 Å². The Morgan fingerprint density at radius 2 is 1.93 bits per heavy atom. The van der Waals surface area contributed by atoms with Crippen molar-refractivity contribution in [1.29, 1.82) is 0 Å². The molecule has 1 aliphatic rings. The van der Waals surface area contributed by atoms with Crippen LogP contribution in [0.5, 0.6) is 11.5 Å². The Morgan fingerprint density at radius 1 is 1.20 bits per heavy atom. The van der Waals surface area contributed by atoms with Gasteiger partial charge in [-0.3, -0.25) is 9.59 Å². The summed E-state index contributed by atoms with van der Waals surface area (Å²) < 4.78 is 12.4. The summed E-state index contributed by atoms with van der Waals surface area (Å²) in [6.45, 7) is 1.94. The van der Waals surface area contributed by atoms with E-state index in [1.54, 1.807) is 12.1 Å². The number of carbonyl (C=O) groups excluding carboxylic acids is 2. The largest absolute Gasteiger partial charge is 0.490 e. The number of urea groups is 1. The average Bonchev–Trinajstić information content (AvgIpc) is 2.95. The predicted octanol–water partition coefficient (Wildman–Crippen LogP) is 3.25. The van der Waals surface area contributed by atoms with Gasteiger partial charge in [0.15, 0.2) is 11.5 Å². The summed E-state index contributed by atoms with van der Waals surface area (Å²) in [5, 5.41) is 11.3. The molecule has 0 aromatic heterocycles. The highest BCUT2D eigenvalue weighted by atomic mass is 127. The topological polar surface area (TPSA) is 105 Å². The smallest absolute Gasteiger partial charge is 0.329 e. The number of hydrogen-bond acceptors (Lipinski definition) is 5. The Kier molecular flexibility index (Phi) is 6.93. The minimum atomic E-state index is -1.27. The Labute approximate surface area is 186 Å². The Balaban J connectivity index is 1.86. The lowest BCUT2D eigenvalue weighted by atomic mass is 10.1. The molecule has 1 heterocycles. The van der Waals surface area contributed by atoms with Crippen LogP contribution >= 0.6 is 22.6 Å². The summed E-state index contributed by atoms with van der Waals surface area (Å²) in [7, 11) is 0. The molecule has 0 unspecified atom stereocenters. The first-order valence-corrected chi connectivity index (χ1v) is 10.2. The van der Waals surface area contributed by atoms with E-state index in [1.165, 1.54) is 6.08 Å². The van der Waals surface area contributed by atoms with Gasteiger partial charge >= 0.3 is 12.0 Å². The number of amides is 3. The van der Waals surface area contributed by atoms with Crippen LogP contribution in [0.2, 0.25) is 0 Å². The summed E-state index contributed by atoms with van der Waals surface area (Å²) >= 11 is 2.12. The summed E-state index contributed by atoms with van der Waals surface area (Å²) in [6, 6.07) is 12.4. The van der Waals surface area contributed by atoms with Crippen molar-refractivity contribution in [2.24, 2.45) is 0 Å². The molecule has 3 amide bonds. The highest BCUT2D eigenvalue weighted by Gasteiger charge is 2.34. The number of nitrogens with zero attached hydrogens (tertiary/aromatic N) is 1. The van der Waals surface area contributed by atoms with Crippen molar-refractivity contribution < 1.29 is 29.0 Å². The molecule has 156 valence electrons. The van der Waals surface area contributed by atoms with E-state index in [0.29, 0.717) is 35.2 Å². The van der Waals surface area contributed by atoms with Crippen molar-refractivity contribution in [1.82, 2.24) is 10.2 Å². The zero-order valence-corrected chi connectivity index (χ0v) is 18.2. The third-order valence-corrected chi connectivity index (χ3v) is 4.93. The Bertz CT molecular complexity index is 1010. The number of carbonyl (C=O) groups is 3. The van der Waals surface area contributed by atoms with E-state index >= 15 is 0 Å². The van der Waals surface area contributed by atoms with Crippen LogP contribution in [0.3, 0.4) is 0 Å². The van der Waals surface area contributed by atoms with Gasteiger partial charge in [0, 0.05) is 0 Å². The second-order valence-electron chi connectivity index (χ2n) is 6.31. The van der Waals surface area contributed by atoms with Crippen molar-refractivity contribution in [2.45, 2.75) is 13.5 Å². The fourth-order valence-electron chi connectivity index (χ4n) is 2.82. The van der Waals surface area contributed by atoms with E-state index in [9.17, 15) is 14.4 Å². The maximum absolute atomic E-state index is 12.3. The van der Waals surface area contributed by atoms with Crippen LogP contribution < -0.4 is 14.8 Å². The van der Waals surface area contributed by atoms with Gasteiger partial charge < -0.3 is 19.9 Å². The van der Waals surface area contributed by atoms with Gasteiger partial charge in [-0.05, 0) is 58.9 Å². The number of carboxylic acid groups (broad SMARTS) is 1. The first-order chi connectivity index (χ1) is 14.4. The number of imide groups is 1. The second-order valence-corrected chi connectivity index (χ2v) is 7.47. The van der Waals surface area contributed by atoms with Gasteiger partial charge in [-0.2, -0.15) is 0 Å². The highest BCUT2D eigenvalue weighted by molar-refractivity contribution is 14.1. The third kappa shape index (κ3) is 5.09. The maximum atomic E-state index is 12.3. The Morgan fingerprint density at radius 3 is 2.60 bits per heavy atom. The van der Waals surface area contributed by atoms with Crippen molar-refractivity contribution in [3.8, 4) is 11.5 Å². The molecule has 0 bridgehead atoms. The summed E-state index contributed by atoms with van der Waals surface area (Å²) in [5.41, 5.74) is 1.62. The molecular formula is C21H19IN2O6. The minimum Gasteiger partial charge on any atom is -0.490 e. The predicted molar refractivity (Wildman–Crippen MR) is 117 cm³/mol. The number of hydrogen-bond donors (Lipinski definition) is 2. The summed E-state index contributed by atoms with van der Waals surface area (Å²) in [5.74, 6) is -0.878. The van der Waals surface area contributed by atoms with E-state index < -0.39 is 24.5 Å². The first kappa shape index (κ1) is 21.6. The molecule has 30 heavy (non-hydrogen) atoms. The van der Waals surface area contributed by atoms with Crippen LogP contribution in [0, 0.1) is 3.57 Å². The number of ether oxygens (including phenoxy) is 2. The molecule has 1 fully saturated rings. The minimum absolute atomic E-state index is 0.00236. The SMILES string of the molecule is CCOc1cc(/C=C2/NC(=O)N(CC(=O)O)C2=O)cc(I)c1OCc1ccccc1. The van der Waals surface area contributed by atoms with Gasteiger partial charge in [0.2, 0.25) is 0 Å². The zero-order chi connectivity index (χ0) is 21.7. The number of benzene rings is 2. The number of nitrogens with one attached hydrogen (secondary N) is 1. The van der Waals surface area contributed by atoms with Crippen LogP contribution in [0.4, 0.5) is 4.79 Å². The fraction of sp³-hybridized carbons (Fsp3) is 0.190. The van der Waals surface area contributed by atoms with E-state index in [0.717, 1.165) is 9.13 Å². The lowest BCUT2D eigenvalue weighted by molar-refractivity contribution is -0.140. The molecule has 0 aliphatic carbocycles. The Hall–Kier alpha value is -3.08. The summed E-state index contributed by atoms with van der Waals surface area (Å²) in [4.78, 5) is 35.7. The molecule has 0 radical (unpaired) electrons. The van der Waals surface area contributed by atoms with Crippen LogP contribution in [0.15, 0.2) is 48.2 Å². The average molecular weight is 522 g/mol. The van der Waals surface area contributed by atoms with Crippen molar-refractivity contribution in [2.75, 3.05) is 13.2 Å². The lowest BCUT2D eigenvalue weighted by Crippen LogP contribution is -2.35. The number of rotatable bonds is 8. The van der Waals surface area contributed by atoms with Crippen molar-refractivity contribution in [3.05, 3.63) is 62.9 Å². The molecular weight excluding hydrogens is 503 g/mol. The van der Waals surface area contributed by atoms with E-state index in [1.807, 2.05) is 37.3 Å². The molecule has 2 N–H and O–H groups in total. The highest BCUT2D eigenvalue weighted by Crippen LogP contribution is 2.35. The molecule has 0 spiro atoms. The molecule has 0 atom stereocenters. The molecule has 1 saturated heterocycles. The van der Waals surface area contributed by atoms with Crippen LogP contribution in [0.1, 0.15) is 18.1 Å². The second kappa shape index (κ2) is 9.61. The molecule has 0 saturated carbocycles. The van der Waals surface area contributed by atoms with Crippen LogP contribution in [-0.2, 0) is 16.2 Å². The number of carboxylic acids is 1. The first-order valence-electron chi connectivity index (χ1n) is 9.08. The van der Waals surface area contributed by atoms with Gasteiger partial charge in [0.1, 0.15) is 18.8 Å². The van der Waals surface area contributed by atoms with Gasteiger partial charge in [-0.25, -0.2) is 9.69 Å². The number of aliphatic carboxylic acids is 1. The molecule has 2 aromatic rings. The van der Waals surface area contributed by atoms with Crippen LogP contribution in [-0.4, -0.2) is 41.1 Å². The van der Waals surface area contributed by atoms with E-state index in [2.05, 4.69) is 27.9 Å². The monoisotopic (exact) mass is 522 g/mol. The van der Waals surface area contributed by atoms with E-state index in [-0.39, 0.29) is 5.70 Å². The maximum Gasteiger partial charge on any atom is 0.329 e. The zero-order valence-electron chi connectivity index (χ0n) is 16.1. The quantitative estimate of drug-likeness (QED) is 0.314. The molecule has 8 nitrogen and oxygen atoms in total. The summed E-state index contributed by atoms with van der Waals surface area (Å²) in [6.07, 6.45) is 1.48. The lowest BCUT2D eigenvalue weighted by Gasteiger charge is -2.15. The molecule has 2 aromatic carbocycles. The fourth-order valence-corrected chi connectivity index (χ4v) is 3.60. The van der Waals surface area contributed by atoms with Crippen molar-refractivity contribution in [3.63, 3.8) is 0 Å². The molecule has 9 heteroatoms. The standard InChI is InChI=1S/C21H19IN2O6/c1-2-29-17-10-14(9-16-20(27)24(11-18(25)26)21(28)23-16)8-15(22)19(17)30-12-13-6-4-3-5-7-13/h3-10H,2,11-12H2,1H3,(H,23,28)(H,25,26)/b16-9+. The molecule has 3 rings (SSSR count). The van der Waals surface area contributed by atoms with Gasteiger partial charge in [0.05, 0.1) is 10.2 Å².